The van der Waals surface area contributed by atoms with Gasteiger partial charge >= 0.3 is 12.1 Å². The molecule has 3 fully saturated rings. The van der Waals surface area contributed by atoms with Gasteiger partial charge in [0.2, 0.25) is 0 Å². The molecule has 0 bridgehead atoms. The van der Waals surface area contributed by atoms with Crippen molar-refractivity contribution in [3.63, 3.8) is 0 Å². The number of nitrogens with one attached hydrogen (secondary N) is 1. The Morgan fingerprint density at radius 1 is 0.907 bits per heavy atom. The van der Waals surface area contributed by atoms with E-state index in [1.807, 2.05) is 6.92 Å². The number of fused-ring (bicyclic) bond motifs is 1. The fourth-order valence-corrected chi connectivity index (χ4v) is 10.3. The van der Waals surface area contributed by atoms with E-state index in [-0.39, 0.29) is 57.6 Å². The van der Waals surface area contributed by atoms with Gasteiger partial charge in [0.1, 0.15) is 5.78 Å². The summed E-state index contributed by atoms with van der Waals surface area (Å²) < 4.78 is 53.7. The first kappa shape index (κ1) is 36.7. The summed E-state index contributed by atoms with van der Waals surface area (Å²) in [4.78, 5) is 25.1. The molecule has 0 heterocycles. The molecule has 250 valence electrons. The quantitative estimate of drug-likeness (QED) is 0.267. The fraction of sp³-hybridized carbons (Fsp3) is 0.939. The van der Waals surface area contributed by atoms with Gasteiger partial charge in [-0.15, -0.1) is 0 Å². The zero-order valence-electron chi connectivity index (χ0n) is 29.0. The van der Waals surface area contributed by atoms with Crippen molar-refractivity contribution in [2.75, 3.05) is 13.2 Å². The molecule has 0 spiro atoms. The summed E-state index contributed by atoms with van der Waals surface area (Å²) in [5, 5.41) is 2.39. The summed E-state index contributed by atoms with van der Waals surface area (Å²) in [5.41, 5.74) is -0.744. The van der Waals surface area contributed by atoms with E-state index in [9.17, 15) is 22.8 Å². The summed E-state index contributed by atoms with van der Waals surface area (Å²) in [7, 11) is -4.08. The van der Waals surface area contributed by atoms with E-state index in [4.69, 9.17) is 8.85 Å². The molecular formula is C33H60F3NO4Si2. The number of carbonyl (C=O) groups excluding carboxylic acids is 2. The van der Waals surface area contributed by atoms with Crippen LogP contribution >= 0.6 is 0 Å². The van der Waals surface area contributed by atoms with Gasteiger partial charge in [-0.05, 0) is 104 Å². The number of hydrogen-bond acceptors (Lipinski definition) is 4. The number of hydrogen-bond donors (Lipinski definition) is 1. The van der Waals surface area contributed by atoms with E-state index in [0.717, 1.165) is 32.1 Å². The predicted octanol–water partition coefficient (Wildman–Crippen LogP) is 8.90. The van der Waals surface area contributed by atoms with Crippen molar-refractivity contribution >= 4 is 28.3 Å². The van der Waals surface area contributed by atoms with Crippen molar-refractivity contribution in [1.82, 2.24) is 5.32 Å². The molecular weight excluding hydrogens is 588 g/mol. The van der Waals surface area contributed by atoms with Crippen molar-refractivity contribution in [1.29, 1.82) is 0 Å². The highest BCUT2D eigenvalue weighted by Crippen LogP contribution is 2.61. The second kappa shape index (κ2) is 12.1. The number of ketones is 1. The molecule has 0 aromatic carbocycles. The Morgan fingerprint density at radius 2 is 1.49 bits per heavy atom. The molecule has 0 aromatic rings. The highest BCUT2D eigenvalue weighted by atomic mass is 28.4. The van der Waals surface area contributed by atoms with Crippen LogP contribution in [0.4, 0.5) is 13.2 Å². The van der Waals surface area contributed by atoms with Crippen LogP contribution in [0.25, 0.3) is 0 Å². The van der Waals surface area contributed by atoms with E-state index >= 15 is 0 Å². The third kappa shape index (κ3) is 7.48. The largest absolute Gasteiger partial charge is 0.471 e. The van der Waals surface area contributed by atoms with Crippen molar-refractivity contribution in [3.8, 4) is 0 Å². The minimum absolute atomic E-state index is 0.0349. The number of alkyl halides is 3. The number of amides is 1. The molecule has 3 rings (SSSR count). The smallest absolute Gasteiger partial charge is 0.417 e. The molecule has 10 heteroatoms. The number of carbonyl (C=O) groups is 2. The maximum atomic E-state index is 13.3. The van der Waals surface area contributed by atoms with Gasteiger partial charge in [0, 0.05) is 31.1 Å². The molecule has 7 atom stereocenters. The molecule has 43 heavy (non-hydrogen) atoms. The maximum absolute atomic E-state index is 13.3. The normalized spacial score (nSPS) is 34.7. The lowest BCUT2D eigenvalue weighted by Crippen LogP contribution is -2.56. The van der Waals surface area contributed by atoms with Gasteiger partial charge in [0.05, 0.1) is 0 Å². The van der Waals surface area contributed by atoms with Crippen LogP contribution in [0.1, 0.15) is 100 Å². The van der Waals surface area contributed by atoms with Gasteiger partial charge in [-0.3, -0.25) is 9.59 Å². The Bertz CT molecular complexity index is 1030. The first-order valence-corrected chi connectivity index (χ1v) is 22.3. The minimum Gasteiger partial charge on any atom is -0.417 e. The van der Waals surface area contributed by atoms with E-state index in [1.54, 1.807) is 0 Å². The Morgan fingerprint density at radius 3 is 2.02 bits per heavy atom. The maximum Gasteiger partial charge on any atom is 0.471 e. The first-order chi connectivity index (χ1) is 19.3. The molecule has 1 amide bonds. The van der Waals surface area contributed by atoms with Crippen LogP contribution in [-0.2, 0) is 18.4 Å². The van der Waals surface area contributed by atoms with Gasteiger partial charge in [-0.2, -0.15) is 13.2 Å². The summed E-state index contributed by atoms with van der Waals surface area (Å²) >= 11 is 0. The van der Waals surface area contributed by atoms with E-state index in [2.05, 4.69) is 80.0 Å². The van der Waals surface area contributed by atoms with E-state index in [1.165, 1.54) is 0 Å². The molecule has 3 saturated carbocycles. The SMILES string of the molecule is CC(C)(C)[Si](C)(C)OC[C@H]1CC(O[Si](C)(C)C(C)(C)C)CC[C@]1(C)[C@H]1CC[C@]2(C)C(=O)CC[C@H]2[C@@H]1CNC(=O)C(F)(F)F. The number of Topliss-reactive ketones (excluding diaryl/α,β-unsaturated/α-hetero) is 1. The van der Waals surface area contributed by atoms with Crippen molar-refractivity contribution in [2.24, 2.45) is 34.5 Å². The first-order valence-electron chi connectivity index (χ1n) is 16.5. The Kier molecular flexibility index (Phi) is 10.4. The number of rotatable bonds is 8. The molecule has 5 nitrogen and oxygen atoms in total. The molecule has 3 aliphatic rings. The fourth-order valence-electron chi connectivity index (χ4n) is 7.83. The van der Waals surface area contributed by atoms with Crippen LogP contribution in [0, 0.1) is 34.5 Å². The van der Waals surface area contributed by atoms with Crippen molar-refractivity contribution in [3.05, 3.63) is 0 Å². The van der Waals surface area contributed by atoms with Crippen LogP contribution in [0.3, 0.4) is 0 Å². The summed E-state index contributed by atoms with van der Waals surface area (Å²) in [5.74, 6) is -1.67. The Labute approximate surface area is 261 Å². The molecule has 0 aliphatic heterocycles. The standard InChI is InChI=1S/C33H60F3NO4Si2/c1-29(2,3)42(9,10)40-21-22-19-23(41-43(11,12)30(4,5)6)15-17-31(22,7)26-16-18-32(8)25(13-14-27(32)38)24(26)20-37-28(39)33(34,35)36/h22-26H,13-21H2,1-12H3,(H,37,39)/t22-,23?,24+,25+,26+,31+,32+/m1/s1. The molecule has 0 aromatic heterocycles. The Hall–Kier alpha value is -0.716. The minimum atomic E-state index is -4.93. The van der Waals surface area contributed by atoms with Gasteiger partial charge in [0.15, 0.2) is 16.6 Å². The summed E-state index contributed by atoms with van der Waals surface area (Å²) in [6.45, 7) is 27.5. The van der Waals surface area contributed by atoms with Crippen LogP contribution in [0.5, 0.6) is 0 Å². The topological polar surface area (TPSA) is 64.6 Å². The van der Waals surface area contributed by atoms with Gasteiger partial charge in [-0.25, -0.2) is 0 Å². The highest BCUT2D eigenvalue weighted by molar-refractivity contribution is 6.74. The third-order valence-corrected chi connectivity index (χ3v) is 22.0. The lowest BCUT2D eigenvalue weighted by atomic mass is 9.49. The predicted molar refractivity (Wildman–Crippen MR) is 172 cm³/mol. The van der Waals surface area contributed by atoms with Crippen LogP contribution in [0.15, 0.2) is 0 Å². The van der Waals surface area contributed by atoms with Gasteiger partial charge in [-0.1, -0.05) is 55.4 Å². The van der Waals surface area contributed by atoms with Crippen LogP contribution in [-0.4, -0.2) is 53.8 Å². The lowest BCUT2D eigenvalue weighted by Gasteiger charge is -2.57. The van der Waals surface area contributed by atoms with Crippen LogP contribution in [0.2, 0.25) is 36.3 Å². The third-order valence-electron chi connectivity index (χ3n) is 13.0. The van der Waals surface area contributed by atoms with Crippen molar-refractivity contribution < 1.29 is 31.6 Å². The highest BCUT2D eigenvalue weighted by Gasteiger charge is 2.59. The molecule has 0 saturated heterocycles. The Balaban J connectivity index is 1.98. The lowest BCUT2D eigenvalue weighted by molar-refractivity contribution is -0.174. The number of halogens is 3. The summed E-state index contributed by atoms with van der Waals surface area (Å²) in [6.07, 6.45) is 0.505. The molecule has 1 N–H and O–H groups in total. The summed E-state index contributed by atoms with van der Waals surface area (Å²) in [6, 6.07) is 0. The van der Waals surface area contributed by atoms with Crippen molar-refractivity contribution in [2.45, 2.75) is 149 Å². The van der Waals surface area contributed by atoms with Crippen LogP contribution < -0.4 is 5.32 Å². The second-order valence-corrected chi connectivity index (χ2v) is 27.1. The van der Waals surface area contributed by atoms with E-state index < -0.39 is 34.1 Å². The second-order valence-electron chi connectivity index (χ2n) is 17.6. The molecule has 0 radical (unpaired) electrons. The average Bonchev–Trinajstić information content (AvgIpc) is 3.14. The molecule has 1 unspecified atom stereocenters. The average molecular weight is 648 g/mol. The monoisotopic (exact) mass is 647 g/mol. The zero-order chi connectivity index (χ0) is 33.0. The van der Waals surface area contributed by atoms with E-state index in [0.29, 0.717) is 19.4 Å². The van der Waals surface area contributed by atoms with Gasteiger partial charge < -0.3 is 14.2 Å². The molecule has 3 aliphatic carbocycles. The van der Waals surface area contributed by atoms with Gasteiger partial charge in [0.25, 0.3) is 0 Å². The zero-order valence-corrected chi connectivity index (χ0v) is 31.0.